The fourth-order valence-electron chi connectivity index (χ4n) is 2.23. The summed E-state index contributed by atoms with van der Waals surface area (Å²) in [6.07, 6.45) is 0. The molecule has 4 nitrogen and oxygen atoms in total. The largest absolute Gasteiger partial charge is 0.398 e. The highest BCUT2D eigenvalue weighted by Crippen LogP contribution is 2.31. The molecule has 0 aromatic heterocycles. The Bertz CT molecular complexity index is 581. The molecule has 0 spiro atoms. The second-order valence-corrected chi connectivity index (χ2v) is 5.15. The molecule has 0 amide bonds. The lowest BCUT2D eigenvalue weighted by Gasteiger charge is -2.24. The summed E-state index contributed by atoms with van der Waals surface area (Å²) in [7, 11) is 0. The van der Waals surface area contributed by atoms with E-state index in [0.29, 0.717) is 23.8 Å². The van der Waals surface area contributed by atoms with Gasteiger partial charge in [0.25, 0.3) is 0 Å². The lowest BCUT2D eigenvalue weighted by Crippen LogP contribution is -2.29. The van der Waals surface area contributed by atoms with E-state index in [9.17, 15) is 0 Å². The number of nitrogens with two attached hydrogens (primary N) is 1. The van der Waals surface area contributed by atoms with Crippen LogP contribution in [0.2, 0.25) is 5.02 Å². The van der Waals surface area contributed by atoms with E-state index in [-0.39, 0.29) is 13.2 Å². The quantitative estimate of drug-likeness (QED) is 0.717. The van der Waals surface area contributed by atoms with Crippen LogP contribution in [0, 0.1) is 0 Å². The minimum atomic E-state index is 0.0284. The number of aliphatic hydroxyl groups excluding tert-OH is 2. The number of anilines is 2. The van der Waals surface area contributed by atoms with Crippen LogP contribution < -0.4 is 10.6 Å². The molecule has 0 aliphatic heterocycles. The molecular weight excluding hydrogens is 288 g/mol. The predicted molar refractivity (Wildman–Crippen MR) is 87.7 cm³/mol. The highest BCUT2D eigenvalue weighted by molar-refractivity contribution is 6.30. The van der Waals surface area contributed by atoms with Crippen LogP contribution >= 0.6 is 11.6 Å². The van der Waals surface area contributed by atoms with Gasteiger partial charge in [0, 0.05) is 35.1 Å². The molecule has 0 saturated heterocycles. The van der Waals surface area contributed by atoms with Crippen molar-refractivity contribution in [3.8, 4) is 11.1 Å². The molecule has 5 heteroatoms. The zero-order chi connectivity index (χ0) is 15.2. The summed E-state index contributed by atoms with van der Waals surface area (Å²) < 4.78 is 0. The lowest BCUT2D eigenvalue weighted by molar-refractivity contribution is 0.281. The number of benzene rings is 2. The van der Waals surface area contributed by atoms with Crippen molar-refractivity contribution in [3.63, 3.8) is 0 Å². The predicted octanol–water partition coefficient (Wildman–Crippen LogP) is 2.38. The monoisotopic (exact) mass is 306 g/mol. The fourth-order valence-corrected chi connectivity index (χ4v) is 2.36. The molecule has 0 aliphatic carbocycles. The van der Waals surface area contributed by atoms with E-state index < -0.39 is 0 Å². The minimum Gasteiger partial charge on any atom is -0.398 e. The number of aliphatic hydroxyl groups is 2. The van der Waals surface area contributed by atoms with Crippen LogP contribution in [-0.2, 0) is 0 Å². The molecule has 2 aromatic carbocycles. The zero-order valence-corrected chi connectivity index (χ0v) is 12.4. The normalized spacial score (nSPS) is 10.6. The maximum atomic E-state index is 9.13. The molecule has 2 aromatic rings. The van der Waals surface area contributed by atoms with E-state index >= 15 is 0 Å². The smallest absolute Gasteiger partial charge is 0.0606 e. The molecule has 0 bridgehead atoms. The topological polar surface area (TPSA) is 69.7 Å². The summed E-state index contributed by atoms with van der Waals surface area (Å²) in [5, 5.41) is 18.9. The van der Waals surface area contributed by atoms with E-state index in [2.05, 4.69) is 0 Å². The third-order valence-electron chi connectivity index (χ3n) is 3.30. The molecule has 21 heavy (non-hydrogen) atoms. The number of hydrogen-bond donors (Lipinski definition) is 3. The first kappa shape index (κ1) is 15.6. The van der Waals surface area contributed by atoms with Crippen molar-refractivity contribution in [3.05, 3.63) is 47.5 Å². The Balaban J connectivity index is 2.38. The Kier molecular flexibility index (Phi) is 5.44. The SMILES string of the molecule is Nc1ccc(N(CCO)CCO)cc1-c1ccc(Cl)cc1. The van der Waals surface area contributed by atoms with Gasteiger partial charge in [-0.1, -0.05) is 23.7 Å². The fraction of sp³-hybridized carbons (Fsp3) is 0.250. The van der Waals surface area contributed by atoms with Crippen molar-refractivity contribution < 1.29 is 10.2 Å². The summed E-state index contributed by atoms with van der Waals surface area (Å²) in [5.74, 6) is 0. The first-order valence-corrected chi connectivity index (χ1v) is 7.15. The number of halogens is 1. The summed E-state index contributed by atoms with van der Waals surface area (Å²) in [6.45, 7) is 0.983. The van der Waals surface area contributed by atoms with Gasteiger partial charge in [-0.15, -0.1) is 0 Å². The van der Waals surface area contributed by atoms with Crippen molar-refractivity contribution >= 4 is 23.0 Å². The van der Waals surface area contributed by atoms with Gasteiger partial charge in [-0.2, -0.15) is 0 Å². The third-order valence-corrected chi connectivity index (χ3v) is 3.55. The Morgan fingerprint density at radius 3 is 2.14 bits per heavy atom. The van der Waals surface area contributed by atoms with Crippen LogP contribution in [0.3, 0.4) is 0 Å². The zero-order valence-electron chi connectivity index (χ0n) is 11.7. The van der Waals surface area contributed by atoms with Gasteiger partial charge in [0.05, 0.1) is 13.2 Å². The molecule has 0 atom stereocenters. The molecular formula is C16H19ClN2O2. The van der Waals surface area contributed by atoms with Crippen LogP contribution in [0.15, 0.2) is 42.5 Å². The Labute approximate surface area is 129 Å². The van der Waals surface area contributed by atoms with Gasteiger partial charge >= 0.3 is 0 Å². The van der Waals surface area contributed by atoms with Crippen LogP contribution in [0.1, 0.15) is 0 Å². The summed E-state index contributed by atoms with van der Waals surface area (Å²) in [4.78, 5) is 1.92. The van der Waals surface area contributed by atoms with Gasteiger partial charge in [0.15, 0.2) is 0 Å². The number of hydrogen-bond acceptors (Lipinski definition) is 4. The molecule has 0 heterocycles. The average molecular weight is 307 g/mol. The maximum Gasteiger partial charge on any atom is 0.0606 e. The molecule has 0 saturated carbocycles. The van der Waals surface area contributed by atoms with Crippen LogP contribution in [0.4, 0.5) is 11.4 Å². The number of rotatable bonds is 6. The molecule has 112 valence electrons. The van der Waals surface area contributed by atoms with Gasteiger partial charge in [0.2, 0.25) is 0 Å². The van der Waals surface area contributed by atoms with Crippen molar-refractivity contribution in [1.29, 1.82) is 0 Å². The second-order valence-electron chi connectivity index (χ2n) is 4.71. The first-order chi connectivity index (χ1) is 10.2. The molecule has 4 N–H and O–H groups in total. The molecule has 0 unspecified atom stereocenters. The van der Waals surface area contributed by atoms with Crippen LogP contribution in [-0.4, -0.2) is 36.5 Å². The number of nitrogen functional groups attached to an aromatic ring is 1. The molecule has 0 aliphatic rings. The lowest BCUT2D eigenvalue weighted by atomic mass is 10.0. The van der Waals surface area contributed by atoms with Crippen molar-refractivity contribution in [2.45, 2.75) is 0 Å². The van der Waals surface area contributed by atoms with E-state index in [1.807, 2.05) is 47.4 Å². The maximum absolute atomic E-state index is 9.13. The van der Waals surface area contributed by atoms with E-state index in [4.69, 9.17) is 27.5 Å². The van der Waals surface area contributed by atoms with Gasteiger partial charge in [-0.05, 0) is 35.9 Å². The van der Waals surface area contributed by atoms with Gasteiger partial charge < -0.3 is 20.8 Å². The molecule has 0 fully saturated rings. The Hall–Kier alpha value is -1.75. The average Bonchev–Trinajstić information content (AvgIpc) is 2.49. The van der Waals surface area contributed by atoms with Crippen LogP contribution in [0.5, 0.6) is 0 Å². The summed E-state index contributed by atoms with van der Waals surface area (Å²) >= 11 is 5.91. The van der Waals surface area contributed by atoms with E-state index in [1.54, 1.807) is 0 Å². The molecule has 2 rings (SSSR count). The Morgan fingerprint density at radius 1 is 0.952 bits per heavy atom. The summed E-state index contributed by atoms with van der Waals surface area (Å²) in [5.41, 5.74) is 9.53. The number of nitrogens with zero attached hydrogens (tertiary/aromatic N) is 1. The van der Waals surface area contributed by atoms with Gasteiger partial charge in [-0.25, -0.2) is 0 Å². The van der Waals surface area contributed by atoms with Gasteiger partial charge in [0.1, 0.15) is 0 Å². The van der Waals surface area contributed by atoms with Crippen molar-refractivity contribution in [2.24, 2.45) is 0 Å². The minimum absolute atomic E-state index is 0.0284. The third kappa shape index (κ3) is 3.88. The van der Waals surface area contributed by atoms with Crippen molar-refractivity contribution in [2.75, 3.05) is 36.9 Å². The second kappa shape index (κ2) is 7.31. The molecule has 0 radical (unpaired) electrons. The van der Waals surface area contributed by atoms with E-state index in [0.717, 1.165) is 16.8 Å². The standard InChI is InChI=1S/C16H19ClN2O2/c17-13-3-1-12(2-4-13)15-11-14(5-6-16(15)18)19(7-9-20)8-10-21/h1-6,11,20-21H,7-10,18H2. The summed E-state index contributed by atoms with van der Waals surface area (Å²) in [6, 6.07) is 13.2. The van der Waals surface area contributed by atoms with Crippen LogP contribution in [0.25, 0.3) is 11.1 Å². The highest BCUT2D eigenvalue weighted by atomic mass is 35.5. The Morgan fingerprint density at radius 2 is 1.57 bits per heavy atom. The van der Waals surface area contributed by atoms with E-state index in [1.165, 1.54) is 0 Å². The van der Waals surface area contributed by atoms with Gasteiger partial charge in [-0.3, -0.25) is 0 Å². The highest BCUT2D eigenvalue weighted by Gasteiger charge is 2.09. The first-order valence-electron chi connectivity index (χ1n) is 6.78. The van der Waals surface area contributed by atoms with Crippen molar-refractivity contribution in [1.82, 2.24) is 0 Å².